The second kappa shape index (κ2) is 5.60. The van der Waals surface area contributed by atoms with Crippen molar-refractivity contribution < 1.29 is 19.4 Å². The second-order valence-corrected chi connectivity index (χ2v) is 7.71. The molecule has 0 saturated heterocycles. The minimum Gasteiger partial charge on any atom is -0.479 e. The van der Waals surface area contributed by atoms with Gasteiger partial charge in [-0.15, -0.1) is 11.3 Å². The average Bonchev–Trinajstić information content (AvgIpc) is 2.60. The van der Waals surface area contributed by atoms with E-state index in [0.29, 0.717) is 4.88 Å². The maximum Gasteiger partial charge on any atom is 0.338 e. The number of thiophene rings is 1. The summed E-state index contributed by atoms with van der Waals surface area (Å²) in [5.74, 6) is -2.33. The number of carboxylic acid groups (broad SMARTS) is 1. The molecule has 0 spiro atoms. The number of ether oxygens (including phenoxy) is 1. The molecule has 0 saturated carbocycles. The number of carbonyl (C=O) groups is 2. The highest BCUT2D eigenvalue weighted by Gasteiger charge is 2.45. The lowest BCUT2D eigenvalue weighted by molar-refractivity contribution is -0.169. The van der Waals surface area contributed by atoms with Crippen molar-refractivity contribution in [2.45, 2.75) is 38.3 Å². The first kappa shape index (κ1) is 16.1. The SMILES string of the molecule is CC(C)(C)OC(=O)C(N)(Cc1ccc(Br)s1)C(=O)O. The third-order valence-electron chi connectivity index (χ3n) is 2.23. The number of nitrogens with two attached hydrogens (primary N) is 1. The number of hydrogen-bond donors (Lipinski definition) is 2. The molecule has 0 bridgehead atoms. The fourth-order valence-electron chi connectivity index (χ4n) is 1.33. The summed E-state index contributed by atoms with van der Waals surface area (Å²) in [6.07, 6.45) is -0.104. The highest BCUT2D eigenvalue weighted by atomic mass is 79.9. The molecule has 3 N–H and O–H groups in total. The average molecular weight is 350 g/mol. The van der Waals surface area contributed by atoms with Gasteiger partial charge < -0.3 is 15.6 Å². The lowest BCUT2D eigenvalue weighted by atomic mass is 9.95. The highest BCUT2D eigenvalue weighted by molar-refractivity contribution is 9.11. The molecule has 1 aromatic heterocycles. The second-order valence-electron chi connectivity index (χ2n) is 5.16. The Balaban J connectivity index is 2.97. The monoisotopic (exact) mass is 349 g/mol. The van der Waals surface area contributed by atoms with Gasteiger partial charge in [-0.2, -0.15) is 0 Å². The summed E-state index contributed by atoms with van der Waals surface area (Å²) in [7, 11) is 0. The highest BCUT2D eigenvalue weighted by Crippen LogP contribution is 2.26. The Kier molecular flexibility index (Phi) is 4.76. The number of halogens is 1. The lowest BCUT2D eigenvalue weighted by Crippen LogP contribution is -2.58. The van der Waals surface area contributed by atoms with Crippen LogP contribution in [0.5, 0.6) is 0 Å². The molecule has 5 nitrogen and oxygen atoms in total. The Hall–Kier alpha value is -0.920. The Morgan fingerprint density at radius 1 is 1.42 bits per heavy atom. The van der Waals surface area contributed by atoms with Crippen LogP contribution in [0.4, 0.5) is 0 Å². The molecule has 1 atom stereocenters. The van der Waals surface area contributed by atoms with Gasteiger partial charge in [0.1, 0.15) is 5.60 Å². The van der Waals surface area contributed by atoms with E-state index in [1.165, 1.54) is 11.3 Å². The summed E-state index contributed by atoms with van der Waals surface area (Å²) in [6, 6.07) is 3.50. The summed E-state index contributed by atoms with van der Waals surface area (Å²) in [5, 5.41) is 9.23. The maximum atomic E-state index is 12.0. The van der Waals surface area contributed by atoms with Crippen molar-refractivity contribution in [2.75, 3.05) is 0 Å². The van der Waals surface area contributed by atoms with E-state index in [2.05, 4.69) is 15.9 Å². The minimum atomic E-state index is -2.07. The van der Waals surface area contributed by atoms with Crippen molar-refractivity contribution in [1.82, 2.24) is 0 Å². The summed E-state index contributed by atoms with van der Waals surface area (Å²) < 4.78 is 5.94. The van der Waals surface area contributed by atoms with Crippen molar-refractivity contribution in [2.24, 2.45) is 5.73 Å². The number of carboxylic acids is 1. The van der Waals surface area contributed by atoms with Crippen molar-refractivity contribution in [1.29, 1.82) is 0 Å². The first-order chi connectivity index (χ1) is 8.54. The van der Waals surface area contributed by atoms with E-state index in [-0.39, 0.29) is 6.42 Å². The van der Waals surface area contributed by atoms with E-state index in [1.807, 2.05) is 0 Å². The Morgan fingerprint density at radius 3 is 2.37 bits per heavy atom. The van der Waals surface area contributed by atoms with Gasteiger partial charge in [-0.3, -0.25) is 0 Å². The van der Waals surface area contributed by atoms with Crippen LogP contribution in [0, 0.1) is 0 Å². The predicted octanol–water partition coefficient (Wildman–Crippen LogP) is 2.18. The molecule has 0 aliphatic heterocycles. The largest absolute Gasteiger partial charge is 0.479 e. The molecule has 7 heteroatoms. The lowest BCUT2D eigenvalue weighted by Gasteiger charge is -2.27. The Labute approximate surface area is 123 Å². The van der Waals surface area contributed by atoms with Crippen LogP contribution in [-0.2, 0) is 20.7 Å². The molecule has 0 aliphatic rings. The molecule has 1 heterocycles. The van der Waals surface area contributed by atoms with Crippen molar-refractivity contribution in [3.05, 3.63) is 20.8 Å². The van der Waals surface area contributed by atoms with Crippen LogP contribution in [0.15, 0.2) is 15.9 Å². The number of aliphatic carboxylic acids is 1. The van der Waals surface area contributed by atoms with Gasteiger partial charge >= 0.3 is 11.9 Å². The summed E-state index contributed by atoms with van der Waals surface area (Å²) >= 11 is 4.61. The summed E-state index contributed by atoms with van der Waals surface area (Å²) in [6.45, 7) is 4.98. The number of rotatable bonds is 4. The zero-order valence-electron chi connectivity index (χ0n) is 10.9. The first-order valence-electron chi connectivity index (χ1n) is 5.54. The maximum absolute atomic E-state index is 12.0. The van der Waals surface area contributed by atoms with Crippen LogP contribution < -0.4 is 5.73 Å². The van der Waals surface area contributed by atoms with Gasteiger partial charge in [0.15, 0.2) is 0 Å². The molecule has 1 rings (SSSR count). The Morgan fingerprint density at radius 2 is 2.00 bits per heavy atom. The summed E-state index contributed by atoms with van der Waals surface area (Å²) in [5.41, 5.74) is 2.89. The van der Waals surface area contributed by atoms with E-state index in [9.17, 15) is 14.7 Å². The molecule has 0 aromatic carbocycles. The molecule has 1 aromatic rings. The van der Waals surface area contributed by atoms with Gasteiger partial charge in [0.05, 0.1) is 3.79 Å². The first-order valence-corrected chi connectivity index (χ1v) is 7.15. The topological polar surface area (TPSA) is 89.6 Å². The fourth-order valence-corrected chi connectivity index (χ4v) is 2.90. The van der Waals surface area contributed by atoms with Crippen LogP contribution in [0.2, 0.25) is 0 Å². The molecular weight excluding hydrogens is 334 g/mol. The smallest absolute Gasteiger partial charge is 0.338 e. The van der Waals surface area contributed by atoms with E-state index in [1.54, 1.807) is 32.9 Å². The van der Waals surface area contributed by atoms with Gasteiger partial charge in [-0.25, -0.2) is 9.59 Å². The molecule has 0 amide bonds. The molecular formula is C12H16BrNO4S. The zero-order chi connectivity index (χ0) is 14.8. The number of hydrogen-bond acceptors (Lipinski definition) is 5. The van der Waals surface area contributed by atoms with Crippen LogP contribution in [0.25, 0.3) is 0 Å². The van der Waals surface area contributed by atoms with Crippen LogP contribution in [0.3, 0.4) is 0 Å². The van der Waals surface area contributed by atoms with Crippen LogP contribution in [0.1, 0.15) is 25.6 Å². The third kappa shape index (κ3) is 4.29. The molecule has 0 radical (unpaired) electrons. The van der Waals surface area contributed by atoms with E-state index in [4.69, 9.17) is 10.5 Å². The van der Waals surface area contributed by atoms with Gasteiger partial charge in [-0.05, 0) is 48.8 Å². The van der Waals surface area contributed by atoms with E-state index >= 15 is 0 Å². The standard InChI is InChI=1S/C12H16BrNO4S/c1-11(2,3)18-10(17)12(14,9(15)16)6-7-4-5-8(13)19-7/h4-5H,6,14H2,1-3H3,(H,15,16). The van der Waals surface area contributed by atoms with Crippen LogP contribution in [-0.4, -0.2) is 28.2 Å². The number of esters is 1. The van der Waals surface area contributed by atoms with E-state index in [0.717, 1.165) is 3.79 Å². The molecule has 19 heavy (non-hydrogen) atoms. The molecule has 1 unspecified atom stereocenters. The Bertz CT molecular complexity index is 494. The van der Waals surface area contributed by atoms with Crippen LogP contribution >= 0.6 is 27.3 Å². The van der Waals surface area contributed by atoms with Gasteiger partial charge in [0.25, 0.3) is 0 Å². The predicted molar refractivity (Wildman–Crippen MR) is 76.1 cm³/mol. The van der Waals surface area contributed by atoms with Gasteiger partial charge in [-0.1, -0.05) is 0 Å². The van der Waals surface area contributed by atoms with E-state index < -0.39 is 23.1 Å². The zero-order valence-corrected chi connectivity index (χ0v) is 13.3. The fraction of sp³-hybridized carbons (Fsp3) is 0.500. The molecule has 106 valence electrons. The molecule has 0 fully saturated rings. The quantitative estimate of drug-likeness (QED) is 0.642. The van der Waals surface area contributed by atoms with Crippen molar-refractivity contribution >= 4 is 39.2 Å². The summed E-state index contributed by atoms with van der Waals surface area (Å²) in [4.78, 5) is 24.0. The normalized spacial score (nSPS) is 14.8. The van der Waals surface area contributed by atoms with Crippen molar-refractivity contribution in [3.63, 3.8) is 0 Å². The van der Waals surface area contributed by atoms with Gasteiger partial charge in [0.2, 0.25) is 5.54 Å². The van der Waals surface area contributed by atoms with Gasteiger partial charge in [0, 0.05) is 11.3 Å². The van der Waals surface area contributed by atoms with Crippen molar-refractivity contribution in [3.8, 4) is 0 Å². The minimum absolute atomic E-state index is 0.104. The number of carbonyl (C=O) groups excluding carboxylic acids is 1. The molecule has 0 aliphatic carbocycles. The third-order valence-corrected chi connectivity index (χ3v) is 3.85.